The summed E-state index contributed by atoms with van der Waals surface area (Å²) in [6, 6.07) is 5.91. The Hall–Kier alpha value is -1.64. The molecule has 3 heteroatoms. The molecule has 0 saturated heterocycles. The van der Waals surface area contributed by atoms with Gasteiger partial charge in [0.15, 0.2) is 0 Å². The smallest absolute Gasteiger partial charge is 0.130 e. The number of hydrogen-bond donors (Lipinski definition) is 0. The highest BCUT2D eigenvalue weighted by Gasteiger charge is 1.98. The maximum absolute atomic E-state index is 4.29. The normalized spacial score (nSPS) is 10.3. The zero-order chi connectivity index (χ0) is 9.26. The molecule has 0 saturated carbocycles. The first-order valence-electron chi connectivity index (χ1n) is 4.15. The van der Waals surface area contributed by atoms with Gasteiger partial charge < -0.3 is 4.90 Å². The Morgan fingerprint density at radius 3 is 2.85 bits per heavy atom. The van der Waals surface area contributed by atoms with Crippen molar-refractivity contribution < 1.29 is 0 Å². The fourth-order valence-electron chi connectivity index (χ4n) is 1.20. The standard InChI is InChI=1S/C10H11N3/c1-13(2)10-6-9-8(7-12-10)4-3-5-11-9/h3-7H,1-2H3. The molecule has 0 aliphatic rings. The SMILES string of the molecule is CN(C)c1cc2ncccc2cn1. The molecule has 2 rings (SSSR count). The van der Waals surface area contributed by atoms with Crippen molar-refractivity contribution in [2.24, 2.45) is 0 Å². The third-order valence-electron chi connectivity index (χ3n) is 1.93. The first kappa shape index (κ1) is 7.98. The van der Waals surface area contributed by atoms with Crippen LogP contribution < -0.4 is 4.90 Å². The van der Waals surface area contributed by atoms with Gasteiger partial charge in [-0.15, -0.1) is 0 Å². The minimum atomic E-state index is 0.936. The number of anilines is 1. The Labute approximate surface area is 77.0 Å². The zero-order valence-electron chi connectivity index (χ0n) is 7.73. The Morgan fingerprint density at radius 2 is 2.08 bits per heavy atom. The van der Waals surface area contributed by atoms with Gasteiger partial charge in [-0.3, -0.25) is 4.98 Å². The number of aromatic nitrogens is 2. The Kier molecular flexibility index (Phi) is 1.85. The summed E-state index contributed by atoms with van der Waals surface area (Å²) in [5.74, 6) is 0.936. The van der Waals surface area contributed by atoms with Crippen LogP contribution in [0.5, 0.6) is 0 Å². The van der Waals surface area contributed by atoms with Crippen LogP contribution in [0.1, 0.15) is 0 Å². The van der Waals surface area contributed by atoms with Crippen LogP contribution >= 0.6 is 0 Å². The lowest BCUT2D eigenvalue weighted by Gasteiger charge is -2.10. The van der Waals surface area contributed by atoms with E-state index in [0.29, 0.717) is 0 Å². The van der Waals surface area contributed by atoms with Crippen LogP contribution in [0.2, 0.25) is 0 Å². The van der Waals surface area contributed by atoms with E-state index in [1.165, 1.54) is 0 Å². The van der Waals surface area contributed by atoms with Gasteiger partial charge in [0.25, 0.3) is 0 Å². The van der Waals surface area contributed by atoms with Gasteiger partial charge in [-0.2, -0.15) is 0 Å². The molecule has 0 aliphatic heterocycles. The highest BCUT2D eigenvalue weighted by atomic mass is 15.1. The molecule has 2 heterocycles. The van der Waals surface area contributed by atoms with Crippen LogP contribution in [-0.2, 0) is 0 Å². The molecule has 0 spiro atoms. The van der Waals surface area contributed by atoms with E-state index in [1.807, 2.05) is 43.4 Å². The van der Waals surface area contributed by atoms with Crippen LogP contribution in [0.15, 0.2) is 30.6 Å². The predicted molar refractivity (Wildman–Crippen MR) is 53.9 cm³/mol. The van der Waals surface area contributed by atoms with E-state index in [9.17, 15) is 0 Å². The quantitative estimate of drug-likeness (QED) is 0.657. The maximum Gasteiger partial charge on any atom is 0.130 e. The summed E-state index contributed by atoms with van der Waals surface area (Å²) >= 11 is 0. The summed E-state index contributed by atoms with van der Waals surface area (Å²) in [6.07, 6.45) is 3.64. The van der Waals surface area contributed by atoms with E-state index >= 15 is 0 Å². The summed E-state index contributed by atoms with van der Waals surface area (Å²) in [5.41, 5.74) is 0.987. The summed E-state index contributed by atoms with van der Waals surface area (Å²) in [7, 11) is 3.94. The molecule has 0 aliphatic carbocycles. The van der Waals surface area contributed by atoms with Gasteiger partial charge in [-0.1, -0.05) is 0 Å². The van der Waals surface area contributed by atoms with E-state index in [1.54, 1.807) is 6.20 Å². The van der Waals surface area contributed by atoms with E-state index in [-0.39, 0.29) is 0 Å². The lowest BCUT2D eigenvalue weighted by atomic mass is 10.3. The van der Waals surface area contributed by atoms with Crippen molar-refractivity contribution in [2.75, 3.05) is 19.0 Å². The van der Waals surface area contributed by atoms with E-state index in [0.717, 1.165) is 16.7 Å². The molecule has 3 nitrogen and oxygen atoms in total. The second-order valence-electron chi connectivity index (χ2n) is 3.13. The van der Waals surface area contributed by atoms with Crippen LogP contribution in [0.4, 0.5) is 5.82 Å². The van der Waals surface area contributed by atoms with Gasteiger partial charge in [0.2, 0.25) is 0 Å². The lowest BCUT2D eigenvalue weighted by Crippen LogP contribution is -2.10. The second-order valence-corrected chi connectivity index (χ2v) is 3.13. The lowest BCUT2D eigenvalue weighted by molar-refractivity contribution is 1.07. The van der Waals surface area contributed by atoms with Gasteiger partial charge in [-0.05, 0) is 12.1 Å². The van der Waals surface area contributed by atoms with Gasteiger partial charge in [0.05, 0.1) is 5.52 Å². The Morgan fingerprint density at radius 1 is 1.23 bits per heavy atom. The minimum Gasteiger partial charge on any atom is -0.363 e. The largest absolute Gasteiger partial charge is 0.363 e. The molecule has 0 radical (unpaired) electrons. The molecule has 0 aromatic carbocycles. The molecule has 0 fully saturated rings. The average Bonchev–Trinajstić information content (AvgIpc) is 2.17. The molecule has 0 amide bonds. The van der Waals surface area contributed by atoms with Crippen molar-refractivity contribution in [3.63, 3.8) is 0 Å². The number of pyridine rings is 2. The summed E-state index contributed by atoms with van der Waals surface area (Å²) in [6.45, 7) is 0. The molecule has 0 bridgehead atoms. The van der Waals surface area contributed by atoms with Crippen molar-refractivity contribution in [3.05, 3.63) is 30.6 Å². The Balaban J connectivity index is 2.62. The molecule has 0 N–H and O–H groups in total. The van der Waals surface area contributed by atoms with E-state index in [2.05, 4.69) is 9.97 Å². The summed E-state index contributed by atoms with van der Waals surface area (Å²) in [5, 5.41) is 1.08. The molecular formula is C10H11N3. The highest BCUT2D eigenvalue weighted by molar-refractivity contribution is 5.79. The third-order valence-corrected chi connectivity index (χ3v) is 1.93. The van der Waals surface area contributed by atoms with Crippen molar-refractivity contribution in [1.29, 1.82) is 0 Å². The minimum absolute atomic E-state index is 0.936. The summed E-state index contributed by atoms with van der Waals surface area (Å²) in [4.78, 5) is 10.5. The number of hydrogen-bond acceptors (Lipinski definition) is 3. The summed E-state index contributed by atoms with van der Waals surface area (Å²) < 4.78 is 0. The van der Waals surface area contributed by atoms with Gasteiger partial charge in [-0.25, -0.2) is 4.98 Å². The van der Waals surface area contributed by atoms with Crippen molar-refractivity contribution in [3.8, 4) is 0 Å². The fraction of sp³-hybridized carbons (Fsp3) is 0.200. The van der Waals surface area contributed by atoms with Crippen LogP contribution in [0.3, 0.4) is 0 Å². The van der Waals surface area contributed by atoms with Gasteiger partial charge in [0.1, 0.15) is 5.82 Å². The molecule has 0 atom stereocenters. The van der Waals surface area contributed by atoms with Crippen molar-refractivity contribution in [1.82, 2.24) is 9.97 Å². The van der Waals surface area contributed by atoms with Gasteiger partial charge >= 0.3 is 0 Å². The molecule has 13 heavy (non-hydrogen) atoms. The molecule has 2 aromatic rings. The Bertz CT molecular complexity index is 423. The molecule has 0 unspecified atom stereocenters. The monoisotopic (exact) mass is 173 g/mol. The topological polar surface area (TPSA) is 29.0 Å². The molecule has 66 valence electrons. The maximum atomic E-state index is 4.29. The molecule has 2 aromatic heterocycles. The average molecular weight is 173 g/mol. The second kappa shape index (κ2) is 3.01. The number of rotatable bonds is 1. The van der Waals surface area contributed by atoms with E-state index in [4.69, 9.17) is 0 Å². The third kappa shape index (κ3) is 1.45. The van der Waals surface area contributed by atoms with Crippen LogP contribution in [0, 0.1) is 0 Å². The highest BCUT2D eigenvalue weighted by Crippen LogP contribution is 2.14. The first-order chi connectivity index (χ1) is 6.27. The van der Waals surface area contributed by atoms with Crippen LogP contribution in [0.25, 0.3) is 10.9 Å². The number of nitrogens with zero attached hydrogens (tertiary/aromatic N) is 3. The van der Waals surface area contributed by atoms with E-state index < -0.39 is 0 Å². The van der Waals surface area contributed by atoms with Crippen molar-refractivity contribution >= 4 is 16.7 Å². The van der Waals surface area contributed by atoms with Crippen LogP contribution in [-0.4, -0.2) is 24.1 Å². The fourth-order valence-corrected chi connectivity index (χ4v) is 1.20. The van der Waals surface area contributed by atoms with Gasteiger partial charge in [0, 0.05) is 37.9 Å². The predicted octanol–water partition coefficient (Wildman–Crippen LogP) is 1.70. The zero-order valence-corrected chi connectivity index (χ0v) is 7.73. The molecular weight excluding hydrogens is 162 g/mol. The van der Waals surface area contributed by atoms with Crippen molar-refractivity contribution in [2.45, 2.75) is 0 Å². The number of fused-ring (bicyclic) bond motifs is 1. The first-order valence-corrected chi connectivity index (χ1v) is 4.15.